The Morgan fingerprint density at radius 3 is 2.19 bits per heavy atom. The summed E-state index contributed by atoms with van der Waals surface area (Å²) in [5.74, 6) is 0. The molecule has 0 aromatic heterocycles. The minimum atomic E-state index is -3.87. The Morgan fingerprint density at radius 1 is 1.25 bits per heavy atom. The van der Waals surface area contributed by atoms with Crippen molar-refractivity contribution in [2.24, 2.45) is 0 Å². The van der Waals surface area contributed by atoms with Crippen molar-refractivity contribution in [1.82, 2.24) is 0 Å². The third-order valence-electron chi connectivity index (χ3n) is 1.71. The van der Waals surface area contributed by atoms with Crippen molar-refractivity contribution >= 4 is 19.2 Å². The molecule has 0 amide bonds. The van der Waals surface area contributed by atoms with E-state index in [-0.39, 0.29) is 18.8 Å². The number of benzene rings is 1. The zero-order valence-corrected chi connectivity index (χ0v) is 10.9. The van der Waals surface area contributed by atoms with Crippen LogP contribution in [0.25, 0.3) is 0 Å². The molecule has 0 aliphatic heterocycles. The smallest absolute Gasteiger partial charge is 0.309 e. The second-order valence-electron chi connectivity index (χ2n) is 2.95. The van der Waals surface area contributed by atoms with Crippen LogP contribution in [-0.2, 0) is 19.7 Å². The van der Waals surface area contributed by atoms with Gasteiger partial charge in [-0.25, -0.2) is 0 Å². The van der Waals surface area contributed by atoms with Gasteiger partial charge in [-0.3, -0.25) is 4.57 Å². The van der Waals surface area contributed by atoms with E-state index >= 15 is 0 Å². The molecule has 0 saturated heterocycles. The van der Waals surface area contributed by atoms with Crippen LogP contribution in [0, 0.1) is 0 Å². The molecule has 0 N–H and O–H groups in total. The Morgan fingerprint density at radius 2 is 1.75 bits per heavy atom. The molecule has 0 heterocycles. The maximum atomic E-state index is 12.5. The van der Waals surface area contributed by atoms with Gasteiger partial charge in [-0.1, -0.05) is 23.7 Å². The highest BCUT2D eigenvalue weighted by Gasteiger charge is 2.23. The lowest BCUT2D eigenvalue weighted by Crippen LogP contribution is -1.98. The third kappa shape index (κ3) is 4.26. The molecule has 1 aromatic carbocycles. The Balaban J connectivity index is 3.15. The van der Waals surface area contributed by atoms with Crippen molar-refractivity contribution in [3.63, 3.8) is 0 Å². The second-order valence-corrected chi connectivity index (χ2v) is 5.12. The fourth-order valence-electron chi connectivity index (χ4n) is 1.12. The van der Waals surface area contributed by atoms with Crippen LogP contribution in [-0.4, -0.2) is 13.2 Å². The van der Waals surface area contributed by atoms with Gasteiger partial charge in [-0.2, -0.15) is 0 Å². The maximum absolute atomic E-state index is 12.5. The van der Waals surface area contributed by atoms with Crippen LogP contribution in [0.4, 0.5) is 0 Å². The van der Waals surface area contributed by atoms with Gasteiger partial charge in [0.15, 0.2) is 0 Å². The molecular formula is C11H16ClO3P. The number of halogens is 1. The fraction of sp³-hybridized carbons (Fsp3) is 0.455. The van der Waals surface area contributed by atoms with Gasteiger partial charge in [-0.15, -0.1) is 0 Å². The monoisotopic (exact) mass is 264 g/mol. The molecule has 0 fully saturated rings. The van der Waals surface area contributed by atoms with Gasteiger partial charge in [0.2, 0.25) is 0 Å². The molecule has 0 aliphatic rings. The minimum absolute atomic E-state index is 0.115. The summed E-state index contributed by atoms with van der Waals surface area (Å²) in [5.41, 5.74) is 0.220. The summed E-state index contributed by atoms with van der Waals surface area (Å²) in [7, 11) is -3.87. The van der Waals surface area contributed by atoms with Crippen LogP contribution in [0.5, 0.6) is 0 Å². The highest BCUT2D eigenvalue weighted by atomic mass is 35.5. The molecule has 90 valence electrons. The molecule has 3 nitrogen and oxygen atoms in total. The second kappa shape index (κ2) is 6.41. The minimum Gasteiger partial charge on any atom is -0.309 e. The summed E-state index contributed by atoms with van der Waals surface area (Å²) in [6, 6.07) is 6.04. The van der Waals surface area contributed by atoms with Crippen LogP contribution >= 0.6 is 19.2 Å². The van der Waals surface area contributed by atoms with E-state index in [0.29, 0.717) is 5.02 Å². The molecule has 0 bridgehead atoms. The van der Waals surface area contributed by atoms with Crippen LogP contribution in [0.15, 0.2) is 24.3 Å². The Kier molecular flexibility index (Phi) is 4.32. The van der Waals surface area contributed by atoms with E-state index in [0.717, 1.165) is 0 Å². The third-order valence-corrected chi connectivity index (χ3v) is 3.69. The van der Waals surface area contributed by atoms with Crippen LogP contribution < -0.4 is 0 Å². The molecule has 0 radical (unpaired) electrons. The zero-order valence-electron chi connectivity index (χ0n) is 11.3. The summed E-state index contributed by atoms with van der Waals surface area (Å²) in [5, 5.41) is 0.484. The van der Waals surface area contributed by atoms with Crippen molar-refractivity contribution in [3.05, 3.63) is 34.9 Å². The number of hydrogen-bond donors (Lipinski definition) is 0. The van der Waals surface area contributed by atoms with Crippen molar-refractivity contribution in [2.45, 2.75) is 20.0 Å². The van der Waals surface area contributed by atoms with Gasteiger partial charge in [-0.05, 0) is 31.5 Å². The maximum Gasteiger partial charge on any atom is 0.335 e. The Labute approximate surface area is 104 Å². The van der Waals surface area contributed by atoms with Crippen molar-refractivity contribution in [3.8, 4) is 0 Å². The quantitative estimate of drug-likeness (QED) is 0.726. The van der Waals surface area contributed by atoms with Gasteiger partial charge in [0, 0.05) is 7.76 Å². The Hall–Kier alpha value is -0.340. The van der Waals surface area contributed by atoms with E-state index in [4.69, 9.17) is 23.4 Å². The highest BCUT2D eigenvalue weighted by Crippen LogP contribution is 2.51. The standard InChI is InChI=1S/C11H16ClO3P/c1-3-14-16(13,15-4-2)9-10-5-7-11(12)8-6-10/h5-8H,3-4,9H2,1-2H3/i9D2. The molecule has 0 aliphatic carbocycles. The summed E-state index contributed by atoms with van der Waals surface area (Å²) in [6.07, 6.45) is -2.20. The van der Waals surface area contributed by atoms with Gasteiger partial charge in [0.1, 0.15) is 0 Å². The lowest BCUT2D eigenvalue weighted by molar-refractivity contribution is 0.219. The zero-order chi connectivity index (χ0) is 13.8. The van der Waals surface area contributed by atoms with Gasteiger partial charge in [0.25, 0.3) is 0 Å². The number of hydrogen-bond acceptors (Lipinski definition) is 3. The molecule has 1 rings (SSSR count). The average molecular weight is 265 g/mol. The highest BCUT2D eigenvalue weighted by molar-refractivity contribution is 7.53. The Bertz CT molecular complexity index is 426. The molecule has 0 atom stereocenters. The first-order chi connectivity index (χ1) is 8.37. The summed E-state index contributed by atoms with van der Waals surface area (Å²) >= 11 is 5.74. The number of rotatable bonds is 6. The van der Waals surface area contributed by atoms with E-state index < -0.39 is 13.7 Å². The summed E-state index contributed by atoms with van der Waals surface area (Å²) in [4.78, 5) is 0. The normalized spacial score (nSPS) is 14.4. The summed E-state index contributed by atoms with van der Waals surface area (Å²) < 4.78 is 38.6. The average Bonchev–Trinajstić information content (AvgIpc) is 2.30. The predicted octanol–water partition coefficient (Wildman–Crippen LogP) is 4.11. The van der Waals surface area contributed by atoms with E-state index in [9.17, 15) is 4.57 Å². The molecular weight excluding hydrogens is 247 g/mol. The van der Waals surface area contributed by atoms with Gasteiger partial charge >= 0.3 is 7.60 Å². The lowest BCUT2D eigenvalue weighted by Gasteiger charge is -2.16. The van der Waals surface area contributed by atoms with Crippen molar-refractivity contribution in [2.75, 3.05) is 13.2 Å². The van der Waals surface area contributed by atoms with Crippen LogP contribution in [0.2, 0.25) is 5.02 Å². The molecule has 16 heavy (non-hydrogen) atoms. The molecule has 5 heteroatoms. The lowest BCUT2D eigenvalue weighted by atomic mass is 10.2. The van der Waals surface area contributed by atoms with E-state index in [1.165, 1.54) is 24.3 Å². The largest absolute Gasteiger partial charge is 0.335 e. The van der Waals surface area contributed by atoms with Crippen LogP contribution in [0.1, 0.15) is 22.2 Å². The first kappa shape index (κ1) is 10.8. The SMILES string of the molecule is [2H]C([2H])(c1ccc(Cl)cc1)P(=O)(OCC)OCC. The van der Waals surface area contributed by atoms with E-state index in [2.05, 4.69) is 0 Å². The predicted molar refractivity (Wildman–Crippen MR) is 66.0 cm³/mol. The van der Waals surface area contributed by atoms with Gasteiger partial charge in [0.05, 0.1) is 19.3 Å². The summed E-state index contributed by atoms with van der Waals surface area (Å²) in [6.45, 7) is 3.52. The van der Waals surface area contributed by atoms with Gasteiger partial charge < -0.3 is 9.05 Å². The first-order valence-corrected chi connectivity index (χ1v) is 6.94. The van der Waals surface area contributed by atoms with Crippen molar-refractivity contribution in [1.29, 1.82) is 0 Å². The molecule has 0 unspecified atom stereocenters. The van der Waals surface area contributed by atoms with Crippen molar-refractivity contribution < 1.29 is 16.4 Å². The first-order valence-electron chi connectivity index (χ1n) is 6.02. The molecule has 0 saturated carbocycles. The fourth-order valence-corrected chi connectivity index (χ4v) is 2.60. The van der Waals surface area contributed by atoms with E-state index in [1.807, 2.05) is 0 Å². The molecule has 1 aromatic rings. The van der Waals surface area contributed by atoms with E-state index in [1.54, 1.807) is 13.8 Å². The molecule has 0 spiro atoms. The van der Waals surface area contributed by atoms with Crippen LogP contribution in [0.3, 0.4) is 0 Å². The topological polar surface area (TPSA) is 35.5 Å².